The van der Waals surface area contributed by atoms with Crippen LogP contribution in [0.5, 0.6) is 5.75 Å². The van der Waals surface area contributed by atoms with Gasteiger partial charge in [-0.15, -0.1) is 0 Å². The van der Waals surface area contributed by atoms with Crippen LogP contribution in [-0.4, -0.2) is 31.5 Å². The second-order valence-corrected chi connectivity index (χ2v) is 8.61. The molecule has 156 valence electrons. The molecule has 0 radical (unpaired) electrons. The Morgan fingerprint density at radius 3 is 2.57 bits per heavy atom. The monoisotopic (exact) mass is 425 g/mol. The van der Waals surface area contributed by atoms with Gasteiger partial charge in [-0.1, -0.05) is 0 Å². The summed E-state index contributed by atoms with van der Waals surface area (Å²) >= 11 is 0. The van der Waals surface area contributed by atoms with E-state index in [1.807, 2.05) is 19.9 Å². The first-order valence-corrected chi connectivity index (χ1v) is 11.2. The average molecular weight is 426 g/mol. The molecule has 2 aromatic carbocycles. The van der Waals surface area contributed by atoms with Gasteiger partial charge < -0.3 is 15.4 Å². The molecule has 30 heavy (non-hydrogen) atoms. The summed E-state index contributed by atoms with van der Waals surface area (Å²) in [6.07, 6.45) is 0.719. The van der Waals surface area contributed by atoms with Crippen molar-refractivity contribution >= 4 is 33.2 Å². The van der Waals surface area contributed by atoms with Crippen LogP contribution in [-0.2, 0) is 16.4 Å². The highest BCUT2D eigenvalue weighted by molar-refractivity contribution is 7.92. The van der Waals surface area contributed by atoms with Gasteiger partial charge in [0.25, 0.3) is 10.0 Å². The van der Waals surface area contributed by atoms with Crippen molar-refractivity contribution in [2.24, 2.45) is 0 Å². The number of sulfonamides is 1. The molecule has 4 rings (SSSR count). The average Bonchev–Trinajstić information content (AvgIpc) is 3.17. The fourth-order valence-corrected chi connectivity index (χ4v) is 4.29. The molecule has 0 saturated carbocycles. The molecule has 3 N–H and O–H groups in total. The molecule has 3 aromatic rings. The summed E-state index contributed by atoms with van der Waals surface area (Å²) in [5.74, 6) is 1.97. The molecule has 8 nitrogen and oxygen atoms in total. The van der Waals surface area contributed by atoms with E-state index in [0.29, 0.717) is 24.1 Å². The number of hydrogen-bond acceptors (Lipinski definition) is 7. The highest BCUT2D eigenvalue weighted by Gasteiger charge is 2.19. The standard InChI is InChI=1S/C21H23N5O3S/c1-3-22-21-23-14(2)12-20(25-21)24-16-4-6-17(7-5-16)26-30(27,28)18-8-9-19-15(13-18)10-11-29-19/h4-9,12-13,26H,3,10-11H2,1-2H3,(H2,22,23,24,25). The predicted octanol–water partition coefficient (Wildman–Crippen LogP) is 3.70. The third-order valence-corrected chi connectivity index (χ3v) is 5.95. The first-order chi connectivity index (χ1) is 14.4. The molecule has 0 amide bonds. The zero-order chi connectivity index (χ0) is 21.1. The van der Waals surface area contributed by atoms with Crippen LogP contribution >= 0.6 is 0 Å². The smallest absolute Gasteiger partial charge is 0.261 e. The Morgan fingerprint density at radius 1 is 1.03 bits per heavy atom. The van der Waals surface area contributed by atoms with Gasteiger partial charge in [0.2, 0.25) is 5.95 Å². The van der Waals surface area contributed by atoms with E-state index < -0.39 is 10.0 Å². The Balaban J connectivity index is 1.47. The van der Waals surface area contributed by atoms with Gasteiger partial charge in [0.15, 0.2) is 0 Å². The van der Waals surface area contributed by atoms with E-state index >= 15 is 0 Å². The lowest BCUT2D eigenvalue weighted by Crippen LogP contribution is -2.13. The molecule has 0 unspecified atom stereocenters. The van der Waals surface area contributed by atoms with E-state index in [-0.39, 0.29) is 4.90 Å². The van der Waals surface area contributed by atoms with Gasteiger partial charge in [0.05, 0.1) is 11.5 Å². The van der Waals surface area contributed by atoms with Crippen LogP contribution in [0.15, 0.2) is 53.4 Å². The van der Waals surface area contributed by atoms with Crippen molar-refractivity contribution in [1.29, 1.82) is 0 Å². The third-order valence-electron chi connectivity index (χ3n) is 4.57. The van der Waals surface area contributed by atoms with Gasteiger partial charge in [-0.2, -0.15) is 4.98 Å². The molecule has 1 aromatic heterocycles. The number of anilines is 4. The lowest BCUT2D eigenvalue weighted by molar-refractivity contribution is 0.356. The summed E-state index contributed by atoms with van der Waals surface area (Å²) in [5.41, 5.74) is 3.01. The van der Waals surface area contributed by atoms with Gasteiger partial charge in [-0.3, -0.25) is 4.72 Å². The van der Waals surface area contributed by atoms with Crippen LogP contribution in [0.3, 0.4) is 0 Å². The molecule has 0 fully saturated rings. The molecule has 1 aliphatic heterocycles. The lowest BCUT2D eigenvalue weighted by atomic mass is 10.2. The van der Waals surface area contributed by atoms with Crippen LogP contribution in [0, 0.1) is 6.92 Å². The molecule has 1 aliphatic rings. The van der Waals surface area contributed by atoms with Crippen molar-refractivity contribution in [2.45, 2.75) is 25.2 Å². The first kappa shape index (κ1) is 20.0. The van der Waals surface area contributed by atoms with Crippen molar-refractivity contribution in [2.75, 3.05) is 28.5 Å². The Hall–Kier alpha value is -3.33. The van der Waals surface area contributed by atoms with Crippen LogP contribution in [0.25, 0.3) is 0 Å². The van der Waals surface area contributed by atoms with Gasteiger partial charge >= 0.3 is 0 Å². The maximum Gasteiger partial charge on any atom is 0.261 e. The molecule has 0 atom stereocenters. The lowest BCUT2D eigenvalue weighted by Gasteiger charge is -2.11. The maximum absolute atomic E-state index is 12.7. The highest BCUT2D eigenvalue weighted by atomic mass is 32.2. The number of ether oxygens (including phenoxy) is 1. The predicted molar refractivity (Wildman–Crippen MR) is 117 cm³/mol. The van der Waals surface area contributed by atoms with Crippen LogP contribution < -0.4 is 20.1 Å². The number of benzene rings is 2. The zero-order valence-electron chi connectivity index (χ0n) is 16.8. The van der Waals surface area contributed by atoms with Crippen molar-refractivity contribution in [1.82, 2.24) is 9.97 Å². The zero-order valence-corrected chi connectivity index (χ0v) is 17.6. The van der Waals surface area contributed by atoms with Crippen LogP contribution in [0.4, 0.5) is 23.1 Å². The number of hydrogen-bond donors (Lipinski definition) is 3. The maximum atomic E-state index is 12.7. The van der Waals surface area contributed by atoms with Crippen molar-refractivity contribution in [3.63, 3.8) is 0 Å². The van der Waals surface area contributed by atoms with Crippen molar-refractivity contribution in [3.8, 4) is 5.75 Å². The molecular weight excluding hydrogens is 402 g/mol. The Morgan fingerprint density at radius 2 is 1.80 bits per heavy atom. The van der Waals surface area contributed by atoms with Crippen molar-refractivity contribution < 1.29 is 13.2 Å². The van der Waals surface area contributed by atoms with E-state index in [2.05, 4.69) is 25.3 Å². The highest BCUT2D eigenvalue weighted by Crippen LogP contribution is 2.28. The molecule has 9 heteroatoms. The normalized spacial score (nSPS) is 12.7. The second-order valence-electron chi connectivity index (χ2n) is 6.92. The first-order valence-electron chi connectivity index (χ1n) is 9.68. The van der Waals surface area contributed by atoms with E-state index in [0.717, 1.165) is 35.7 Å². The summed E-state index contributed by atoms with van der Waals surface area (Å²) in [6.45, 7) is 5.20. The number of nitrogens with zero attached hydrogens (tertiary/aromatic N) is 2. The minimum Gasteiger partial charge on any atom is -0.493 e. The molecular formula is C21H23N5O3S. The van der Waals surface area contributed by atoms with Gasteiger partial charge in [0.1, 0.15) is 11.6 Å². The molecule has 0 aliphatic carbocycles. The fraction of sp³-hybridized carbons (Fsp3) is 0.238. The van der Waals surface area contributed by atoms with Crippen LogP contribution in [0.1, 0.15) is 18.2 Å². The van der Waals surface area contributed by atoms with Gasteiger partial charge in [-0.25, -0.2) is 13.4 Å². The Bertz CT molecular complexity index is 1160. The number of aromatic nitrogens is 2. The minimum atomic E-state index is -3.68. The van der Waals surface area contributed by atoms with E-state index in [9.17, 15) is 8.42 Å². The number of nitrogens with one attached hydrogen (secondary N) is 3. The minimum absolute atomic E-state index is 0.223. The summed E-state index contributed by atoms with van der Waals surface area (Å²) in [4.78, 5) is 8.96. The van der Waals surface area contributed by atoms with E-state index in [1.54, 1.807) is 42.5 Å². The number of rotatable bonds is 7. The van der Waals surface area contributed by atoms with Gasteiger partial charge in [-0.05, 0) is 61.9 Å². The van der Waals surface area contributed by atoms with E-state index in [4.69, 9.17) is 4.74 Å². The number of aryl methyl sites for hydroxylation is 1. The molecule has 0 bridgehead atoms. The van der Waals surface area contributed by atoms with Gasteiger partial charge in [0, 0.05) is 36.1 Å². The van der Waals surface area contributed by atoms with Crippen molar-refractivity contribution in [3.05, 3.63) is 59.8 Å². The SMILES string of the molecule is CCNc1nc(C)cc(Nc2ccc(NS(=O)(=O)c3ccc4c(c3)CCO4)cc2)n1. The number of fused-ring (bicyclic) bond motifs is 1. The Labute approximate surface area is 175 Å². The quantitative estimate of drug-likeness (QED) is 0.530. The van der Waals surface area contributed by atoms with Crippen LogP contribution in [0.2, 0.25) is 0 Å². The molecule has 2 heterocycles. The largest absolute Gasteiger partial charge is 0.493 e. The second kappa shape index (κ2) is 8.19. The third kappa shape index (κ3) is 4.46. The summed E-state index contributed by atoms with van der Waals surface area (Å²) < 4.78 is 33.5. The molecule has 0 saturated heterocycles. The summed E-state index contributed by atoms with van der Waals surface area (Å²) in [5, 5.41) is 6.30. The fourth-order valence-electron chi connectivity index (χ4n) is 3.18. The Kier molecular flexibility index (Phi) is 5.45. The topological polar surface area (TPSA) is 105 Å². The van der Waals surface area contributed by atoms with E-state index in [1.165, 1.54) is 0 Å². The molecule has 0 spiro atoms. The summed E-state index contributed by atoms with van der Waals surface area (Å²) in [6, 6.07) is 13.8. The summed E-state index contributed by atoms with van der Waals surface area (Å²) in [7, 11) is -3.68.